The second kappa shape index (κ2) is 9.78. The molecule has 0 bridgehead atoms. The number of allylic oxidation sites excluding steroid dienone is 1. The Morgan fingerprint density at radius 1 is 1.24 bits per heavy atom. The average Bonchev–Trinajstić information content (AvgIpc) is 3.10. The lowest BCUT2D eigenvalue weighted by atomic mass is 9.96. The summed E-state index contributed by atoms with van der Waals surface area (Å²) >= 11 is 14.1. The summed E-state index contributed by atoms with van der Waals surface area (Å²) < 4.78 is 12.7. The first kappa shape index (κ1) is 24.3. The summed E-state index contributed by atoms with van der Waals surface area (Å²) in [7, 11) is 1.61. The lowest BCUT2D eigenvalue weighted by Crippen LogP contribution is -2.40. The lowest BCUT2D eigenvalue weighted by molar-refractivity contribution is -0.139. The van der Waals surface area contributed by atoms with Crippen LogP contribution in [0.2, 0.25) is 10.0 Å². The topological polar surface area (TPSA) is 69.9 Å². The predicted octanol–water partition coefficient (Wildman–Crippen LogP) is 4.42. The molecule has 2 heterocycles. The van der Waals surface area contributed by atoms with Crippen LogP contribution < -0.4 is 19.6 Å². The van der Waals surface area contributed by atoms with E-state index in [1.165, 1.54) is 15.9 Å². The van der Waals surface area contributed by atoms with E-state index < -0.39 is 12.0 Å². The van der Waals surface area contributed by atoms with Crippen LogP contribution in [0, 0.1) is 6.92 Å². The second-order valence-electron chi connectivity index (χ2n) is 7.67. The number of hydrogen-bond acceptors (Lipinski definition) is 6. The van der Waals surface area contributed by atoms with Crippen molar-refractivity contribution in [3.05, 3.63) is 94.1 Å². The highest BCUT2D eigenvalue weighted by molar-refractivity contribution is 7.07. The minimum absolute atomic E-state index is 0.186. The number of hydrogen-bond donors (Lipinski definition) is 0. The van der Waals surface area contributed by atoms with Gasteiger partial charge >= 0.3 is 5.97 Å². The third kappa shape index (κ3) is 4.31. The Labute approximate surface area is 210 Å². The molecule has 3 aromatic rings. The number of esters is 1. The van der Waals surface area contributed by atoms with Gasteiger partial charge in [-0.25, -0.2) is 9.79 Å². The van der Waals surface area contributed by atoms with Gasteiger partial charge in [0.1, 0.15) is 11.8 Å². The first-order valence-corrected chi connectivity index (χ1v) is 12.1. The van der Waals surface area contributed by atoms with E-state index in [2.05, 4.69) is 4.99 Å². The van der Waals surface area contributed by atoms with Crippen LogP contribution >= 0.6 is 34.5 Å². The summed E-state index contributed by atoms with van der Waals surface area (Å²) in [6.45, 7) is 5.58. The number of methoxy groups -OCH3 is 1. The van der Waals surface area contributed by atoms with Gasteiger partial charge in [-0.2, -0.15) is 0 Å². The van der Waals surface area contributed by atoms with Crippen LogP contribution in [0.4, 0.5) is 0 Å². The fourth-order valence-corrected chi connectivity index (χ4v) is 5.35. The maximum absolute atomic E-state index is 13.7. The van der Waals surface area contributed by atoms with E-state index >= 15 is 0 Å². The third-order valence-corrected chi connectivity index (χ3v) is 7.34. The highest BCUT2D eigenvalue weighted by Gasteiger charge is 2.34. The van der Waals surface area contributed by atoms with Crippen molar-refractivity contribution in [3.63, 3.8) is 0 Å². The summed E-state index contributed by atoms with van der Waals surface area (Å²) in [4.78, 5) is 31.6. The molecule has 1 aromatic heterocycles. The van der Waals surface area contributed by atoms with Gasteiger partial charge in [0.2, 0.25) is 0 Å². The molecule has 0 saturated carbocycles. The Morgan fingerprint density at radius 3 is 2.71 bits per heavy atom. The Bertz CT molecular complexity index is 1500. The van der Waals surface area contributed by atoms with Crippen LogP contribution in [0.5, 0.6) is 5.75 Å². The highest BCUT2D eigenvalue weighted by Crippen LogP contribution is 2.37. The van der Waals surface area contributed by atoms with E-state index in [9.17, 15) is 9.59 Å². The maximum atomic E-state index is 13.7. The molecular formula is C25H22Cl2N2O4S. The highest BCUT2D eigenvalue weighted by atomic mass is 35.5. The molecule has 6 nitrogen and oxygen atoms in total. The van der Waals surface area contributed by atoms with Crippen LogP contribution in [-0.4, -0.2) is 24.3 Å². The van der Waals surface area contributed by atoms with Gasteiger partial charge in [0, 0.05) is 5.56 Å². The lowest BCUT2D eigenvalue weighted by Gasteiger charge is -2.25. The third-order valence-electron chi connectivity index (χ3n) is 5.52. The molecule has 0 radical (unpaired) electrons. The minimum Gasteiger partial charge on any atom is -0.496 e. The van der Waals surface area contributed by atoms with Crippen molar-refractivity contribution in [1.82, 2.24) is 4.57 Å². The largest absolute Gasteiger partial charge is 0.496 e. The number of nitrogens with zero attached hydrogens (tertiary/aromatic N) is 2. The molecule has 2 aromatic carbocycles. The summed E-state index contributed by atoms with van der Waals surface area (Å²) in [5.74, 6) is 0.174. The number of carbonyl (C=O) groups is 1. The van der Waals surface area contributed by atoms with Gasteiger partial charge in [-0.05, 0) is 50.1 Å². The Balaban J connectivity index is 1.98. The van der Waals surface area contributed by atoms with Crippen molar-refractivity contribution in [2.75, 3.05) is 13.7 Å². The molecule has 4 rings (SSSR count). The van der Waals surface area contributed by atoms with E-state index in [1.807, 2.05) is 25.1 Å². The minimum atomic E-state index is -0.823. The molecule has 1 atom stereocenters. The fraction of sp³-hybridized carbons (Fsp3) is 0.240. The zero-order chi connectivity index (χ0) is 24.6. The summed E-state index contributed by atoms with van der Waals surface area (Å²) in [5, 5.41) is 0.592. The van der Waals surface area contributed by atoms with E-state index in [-0.39, 0.29) is 22.8 Å². The molecule has 0 fully saturated rings. The van der Waals surface area contributed by atoms with E-state index in [1.54, 1.807) is 45.2 Å². The Hall–Kier alpha value is -2.87. The Kier molecular flexibility index (Phi) is 6.98. The molecule has 1 aliphatic heterocycles. The molecule has 0 amide bonds. The smallest absolute Gasteiger partial charge is 0.338 e. The molecule has 1 aliphatic rings. The van der Waals surface area contributed by atoms with Gasteiger partial charge < -0.3 is 9.47 Å². The molecule has 0 spiro atoms. The quantitative estimate of drug-likeness (QED) is 0.470. The molecule has 34 heavy (non-hydrogen) atoms. The van der Waals surface area contributed by atoms with Crippen molar-refractivity contribution in [1.29, 1.82) is 0 Å². The number of aryl methyl sites for hydroxylation is 1. The normalized spacial score (nSPS) is 15.7. The van der Waals surface area contributed by atoms with Crippen LogP contribution in [0.25, 0.3) is 6.08 Å². The van der Waals surface area contributed by atoms with Crippen molar-refractivity contribution >= 4 is 46.6 Å². The zero-order valence-electron chi connectivity index (χ0n) is 19.0. The van der Waals surface area contributed by atoms with E-state index in [0.29, 0.717) is 25.6 Å². The fourth-order valence-electron chi connectivity index (χ4n) is 3.90. The van der Waals surface area contributed by atoms with Crippen molar-refractivity contribution in [2.24, 2.45) is 4.99 Å². The van der Waals surface area contributed by atoms with Crippen LogP contribution in [0.3, 0.4) is 0 Å². The molecule has 0 unspecified atom stereocenters. The second-order valence-corrected chi connectivity index (χ2v) is 9.47. The summed E-state index contributed by atoms with van der Waals surface area (Å²) in [6, 6.07) is 10.0. The first-order valence-electron chi connectivity index (χ1n) is 10.5. The number of ether oxygens (including phenoxy) is 2. The number of benzene rings is 2. The number of aromatic nitrogens is 1. The zero-order valence-corrected chi connectivity index (χ0v) is 21.3. The SMILES string of the molecule is CCOC(=O)C1=C(C)N=c2s/c(=C\c3ccc(C)c(OC)c3)c(=O)n2[C@@H]1c1cccc(Cl)c1Cl. The molecule has 9 heteroatoms. The van der Waals surface area contributed by atoms with Crippen LogP contribution in [-0.2, 0) is 9.53 Å². The van der Waals surface area contributed by atoms with Gasteiger partial charge in [0.05, 0.1) is 39.6 Å². The molecule has 0 saturated heterocycles. The van der Waals surface area contributed by atoms with Gasteiger partial charge in [-0.1, -0.05) is 58.8 Å². The van der Waals surface area contributed by atoms with E-state index in [0.717, 1.165) is 16.9 Å². The molecule has 176 valence electrons. The maximum Gasteiger partial charge on any atom is 0.338 e. The first-order chi connectivity index (χ1) is 16.3. The Morgan fingerprint density at radius 2 is 2.00 bits per heavy atom. The molecule has 0 aliphatic carbocycles. The predicted molar refractivity (Wildman–Crippen MR) is 135 cm³/mol. The number of rotatable bonds is 5. The standard InChI is InChI=1S/C25H22Cl2N2O4S/c1-5-33-24(31)20-14(3)28-25-29(22(20)16-7-6-8-17(26)21(16)27)23(30)19(34-25)12-15-10-9-13(2)18(11-15)32-4/h6-12,22H,5H2,1-4H3/b19-12-/t22-/m1/s1. The van der Waals surface area contributed by atoms with E-state index in [4.69, 9.17) is 32.7 Å². The molecule has 0 N–H and O–H groups in total. The number of fused-ring (bicyclic) bond motifs is 1. The summed E-state index contributed by atoms with van der Waals surface area (Å²) in [6.07, 6.45) is 1.78. The van der Waals surface area contributed by atoms with Gasteiger partial charge in [-0.3, -0.25) is 9.36 Å². The van der Waals surface area contributed by atoms with Crippen molar-refractivity contribution < 1.29 is 14.3 Å². The van der Waals surface area contributed by atoms with Crippen molar-refractivity contribution in [3.8, 4) is 5.75 Å². The van der Waals surface area contributed by atoms with Crippen LogP contribution in [0.15, 0.2) is 57.5 Å². The monoisotopic (exact) mass is 516 g/mol. The summed E-state index contributed by atoms with van der Waals surface area (Å²) in [5.41, 5.74) is 2.75. The van der Waals surface area contributed by atoms with Gasteiger partial charge in [0.15, 0.2) is 4.80 Å². The average molecular weight is 517 g/mol. The van der Waals surface area contributed by atoms with Crippen molar-refractivity contribution in [2.45, 2.75) is 26.8 Å². The molecular weight excluding hydrogens is 495 g/mol. The number of carbonyl (C=O) groups excluding carboxylic acids is 1. The van der Waals surface area contributed by atoms with Crippen LogP contribution in [0.1, 0.15) is 36.6 Å². The van der Waals surface area contributed by atoms with Gasteiger partial charge in [-0.15, -0.1) is 0 Å². The number of halogens is 2. The van der Waals surface area contributed by atoms with Gasteiger partial charge in [0.25, 0.3) is 5.56 Å². The number of thiazole rings is 1.